The van der Waals surface area contributed by atoms with Crippen LogP contribution >= 0.6 is 11.8 Å². The van der Waals surface area contributed by atoms with Crippen LogP contribution in [0, 0.1) is 5.82 Å². The first-order chi connectivity index (χ1) is 13.1. The molecule has 0 bridgehead atoms. The molecule has 0 fully saturated rings. The third kappa shape index (κ3) is 5.42. The van der Waals surface area contributed by atoms with E-state index in [0.29, 0.717) is 11.7 Å². The summed E-state index contributed by atoms with van der Waals surface area (Å²) in [6.45, 7) is 0.659. The van der Waals surface area contributed by atoms with E-state index < -0.39 is 11.7 Å². The summed E-state index contributed by atoms with van der Waals surface area (Å²) in [5.41, 5.74) is 6.02. The lowest BCUT2D eigenvalue weighted by Crippen LogP contribution is -2.42. The quantitative estimate of drug-likeness (QED) is 0.506. The first kappa shape index (κ1) is 18.7. The Bertz CT molecular complexity index is 913. The third-order valence-electron chi connectivity index (χ3n) is 3.63. The molecule has 0 unspecified atom stereocenters. The first-order valence-electron chi connectivity index (χ1n) is 8.14. The highest BCUT2D eigenvalue weighted by molar-refractivity contribution is 7.99. The Morgan fingerprint density at radius 3 is 2.52 bits per heavy atom. The van der Waals surface area contributed by atoms with Crippen molar-refractivity contribution in [2.24, 2.45) is 0 Å². The predicted molar refractivity (Wildman–Crippen MR) is 101 cm³/mol. The van der Waals surface area contributed by atoms with E-state index in [4.69, 9.17) is 0 Å². The molecule has 0 aliphatic heterocycles. The van der Waals surface area contributed by atoms with Crippen molar-refractivity contribution in [3.05, 3.63) is 83.9 Å². The number of hydrazine groups is 1. The summed E-state index contributed by atoms with van der Waals surface area (Å²) >= 11 is 1.27. The smallest absolute Gasteiger partial charge is 0.269 e. The van der Waals surface area contributed by atoms with Gasteiger partial charge < -0.3 is 4.57 Å². The number of thioether (sulfide) groups is 1. The number of halogens is 1. The molecule has 8 heteroatoms. The van der Waals surface area contributed by atoms with Crippen molar-refractivity contribution in [3.8, 4) is 0 Å². The molecule has 0 radical (unpaired) electrons. The second kappa shape index (κ2) is 9.00. The van der Waals surface area contributed by atoms with Gasteiger partial charge in [-0.25, -0.2) is 9.37 Å². The van der Waals surface area contributed by atoms with E-state index in [-0.39, 0.29) is 17.2 Å². The fraction of sp³-hybridized carbons (Fsp3) is 0.105. The van der Waals surface area contributed by atoms with Crippen molar-refractivity contribution in [3.63, 3.8) is 0 Å². The maximum atomic E-state index is 12.9. The molecule has 3 rings (SSSR count). The monoisotopic (exact) mass is 384 g/mol. The summed E-state index contributed by atoms with van der Waals surface area (Å²) < 4.78 is 14.8. The average molecular weight is 384 g/mol. The second-order valence-corrected chi connectivity index (χ2v) is 6.56. The van der Waals surface area contributed by atoms with E-state index in [9.17, 15) is 14.0 Å². The normalized spacial score (nSPS) is 10.4. The van der Waals surface area contributed by atoms with E-state index in [1.165, 1.54) is 36.0 Å². The number of nitrogens with one attached hydrogen (secondary N) is 2. The number of aromatic nitrogens is 2. The minimum atomic E-state index is -0.515. The van der Waals surface area contributed by atoms with Gasteiger partial charge in [-0.1, -0.05) is 42.1 Å². The maximum Gasteiger partial charge on any atom is 0.269 e. The van der Waals surface area contributed by atoms with Gasteiger partial charge in [-0.2, -0.15) is 0 Å². The fourth-order valence-electron chi connectivity index (χ4n) is 2.30. The number of carbonyl (C=O) groups is 2. The van der Waals surface area contributed by atoms with Crippen LogP contribution in [0.2, 0.25) is 0 Å². The summed E-state index contributed by atoms with van der Waals surface area (Å²) in [5, 5.41) is 0.707. The van der Waals surface area contributed by atoms with Gasteiger partial charge >= 0.3 is 0 Å². The van der Waals surface area contributed by atoms with Crippen LogP contribution < -0.4 is 10.9 Å². The lowest BCUT2D eigenvalue weighted by Gasteiger charge is -2.09. The molecule has 6 nitrogen and oxygen atoms in total. The Labute approximate surface area is 159 Å². The third-order valence-corrected chi connectivity index (χ3v) is 4.63. The Balaban J connectivity index is 1.47. The highest BCUT2D eigenvalue weighted by atomic mass is 32.2. The molecule has 3 aromatic rings. The summed E-state index contributed by atoms with van der Waals surface area (Å²) in [4.78, 5) is 28.1. The zero-order chi connectivity index (χ0) is 19.1. The van der Waals surface area contributed by atoms with E-state index in [1.807, 2.05) is 41.1 Å². The lowest BCUT2D eigenvalue weighted by molar-refractivity contribution is -0.119. The van der Waals surface area contributed by atoms with Crippen molar-refractivity contribution in [1.82, 2.24) is 20.4 Å². The minimum absolute atomic E-state index is 0.0928. The Morgan fingerprint density at radius 2 is 1.78 bits per heavy atom. The van der Waals surface area contributed by atoms with Gasteiger partial charge in [0, 0.05) is 24.5 Å². The molecular weight excluding hydrogens is 367 g/mol. The van der Waals surface area contributed by atoms with Crippen LogP contribution in [0.4, 0.5) is 4.39 Å². The molecule has 2 aromatic carbocycles. The number of carbonyl (C=O) groups excluding carboxylic acids is 2. The topological polar surface area (TPSA) is 76.0 Å². The second-order valence-electron chi connectivity index (χ2n) is 5.62. The number of rotatable bonds is 6. The van der Waals surface area contributed by atoms with Crippen molar-refractivity contribution < 1.29 is 14.0 Å². The molecule has 1 aromatic heterocycles. The Kier molecular flexibility index (Phi) is 6.22. The lowest BCUT2D eigenvalue weighted by atomic mass is 10.2. The van der Waals surface area contributed by atoms with Gasteiger partial charge in [0.05, 0.1) is 5.75 Å². The summed E-state index contributed by atoms with van der Waals surface area (Å²) in [5.74, 6) is -1.23. The number of benzene rings is 2. The predicted octanol–water partition coefficient (Wildman–Crippen LogP) is 2.62. The van der Waals surface area contributed by atoms with Crippen molar-refractivity contribution in [2.75, 3.05) is 5.75 Å². The highest BCUT2D eigenvalue weighted by Gasteiger charge is 2.10. The molecule has 0 aliphatic rings. The number of imidazole rings is 1. The first-order valence-corrected chi connectivity index (χ1v) is 9.13. The van der Waals surface area contributed by atoms with Crippen LogP contribution in [0.3, 0.4) is 0 Å². The van der Waals surface area contributed by atoms with Gasteiger partial charge in [0.1, 0.15) is 5.82 Å². The number of hydrogen-bond donors (Lipinski definition) is 2. The summed E-state index contributed by atoms with van der Waals surface area (Å²) in [7, 11) is 0. The van der Waals surface area contributed by atoms with Gasteiger partial charge in [-0.15, -0.1) is 0 Å². The molecule has 0 atom stereocenters. The molecule has 27 heavy (non-hydrogen) atoms. The Morgan fingerprint density at radius 1 is 1.04 bits per heavy atom. The van der Waals surface area contributed by atoms with Gasteiger partial charge in [0.2, 0.25) is 5.91 Å². The molecule has 1 heterocycles. The SMILES string of the molecule is O=C(CSc1nccn1Cc1ccccc1)NNC(=O)c1ccc(F)cc1. The number of hydrogen-bond acceptors (Lipinski definition) is 4. The zero-order valence-corrected chi connectivity index (χ0v) is 15.1. The molecule has 138 valence electrons. The van der Waals surface area contributed by atoms with Crippen LogP contribution in [0.5, 0.6) is 0 Å². The largest absolute Gasteiger partial charge is 0.322 e. The van der Waals surface area contributed by atoms with Gasteiger partial charge in [-0.3, -0.25) is 20.4 Å². The molecule has 0 saturated heterocycles. The van der Waals surface area contributed by atoms with Crippen molar-refractivity contribution in [2.45, 2.75) is 11.7 Å². The van der Waals surface area contributed by atoms with E-state index in [2.05, 4.69) is 15.8 Å². The molecule has 0 aliphatic carbocycles. The van der Waals surface area contributed by atoms with Gasteiger partial charge in [-0.05, 0) is 29.8 Å². The van der Waals surface area contributed by atoms with Crippen molar-refractivity contribution in [1.29, 1.82) is 0 Å². The van der Waals surface area contributed by atoms with Gasteiger partial charge in [0.15, 0.2) is 5.16 Å². The van der Waals surface area contributed by atoms with Crippen LogP contribution in [0.25, 0.3) is 0 Å². The molecular formula is C19H17FN4O2S. The average Bonchev–Trinajstić information content (AvgIpc) is 3.13. The number of nitrogens with zero attached hydrogens (tertiary/aromatic N) is 2. The number of amides is 2. The molecule has 2 amide bonds. The standard InChI is InChI=1S/C19H17FN4O2S/c20-16-8-6-15(7-9-16)18(26)23-22-17(25)13-27-19-21-10-11-24(19)12-14-4-2-1-3-5-14/h1-11H,12-13H2,(H,22,25)(H,23,26). The van der Waals surface area contributed by atoms with Crippen LogP contribution in [-0.2, 0) is 11.3 Å². The summed E-state index contributed by atoms with van der Waals surface area (Å²) in [6.07, 6.45) is 3.53. The highest BCUT2D eigenvalue weighted by Crippen LogP contribution is 2.17. The van der Waals surface area contributed by atoms with Crippen LogP contribution in [-0.4, -0.2) is 27.1 Å². The molecule has 0 spiro atoms. The van der Waals surface area contributed by atoms with E-state index in [0.717, 1.165) is 5.56 Å². The maximum absolute atomic E-state index is 12.9. The van der Waals surface area contributed by atoms with Gasteiger partial charge in [0.25, 0.3) is 5.91 Å². The minimum Gasteiger partial charge on any atom is -0.322 e. The van der Waals surface area contributed by atoms with Crippen LogP contribution in [0.1, 0.15) is 15.9 Å². The van der Waals surface area contributed by atoms with Crippen molar-refractivity contribution >= 4 is 23.6 Å². The van der Waals surface area contributed by atoms with E-state index in [1.54, 1.807) is 6.20 Å². The molecule has 0 saturated carbocycles. The van der Waals surface area contributed by atoms with E-state index >= 15 is 0 Å². The summed E-state index contributed by atoms with van der Waals surface area (Å²) in [6, 6.07) is 15.0. The fourth-order valence-corrected chi connectivity index (χ4v) is 3.06. The van der Waals surface area contributed by atoms with Crippen LogP contribution in [0.15, 0.2) is 72.1 Å². The zero-order valence-electron chi connectivity index (χ0n) is 14.3. The molecule has 2 N–H and O–H groups in total. The Hall–Kier alpha value is -3.13.